The van der Waals surface area contributed by atoms with E-state index in [0.717, 1.165) is 0 Å². The molecule has 2 aromatic heterocycles. The van der Waals surface area contributed by atoms with Crippen LogP contribution in [0.1, 0.15) is 66.7 Å². The molecule has 4 N–H and O–H groups in total. The van der Waals surface area contributed by atoms with Crippen molar-refractivity contribution in [1.29, 1.82) is 5.26 Å². The molecule has 0 spiro atoms. The summed E-state index contributed by atoms with van der Waals surface area (Å²) in [6.07, 6.45) is 4.23. The summed E-state index contributed by atoms with van der Waals surface area (Å²) in [4.78, 5) is 56.4. The molecule has 2 saturated heterocycles. The average molecular weight is 934 g/mol. The number of ether oxygens (including phenoxy) is 1. The van der Waals surface area contributed by atoms with Crippen molar-refractivity contribution in [3.8, 4) is 11.8 Å². The van der Waals surface area contributed by atoms with Crippen molar-refractivity contribution in [1.82, 2.24) is 29.9 Å². The van der Waals surface area contributed by atoms with E-state index in [4.69, 9.17) is 10.00 Å². The van der Waals surface area contributed by atoms with E-state index >= 15 is 0 Å². The maximum Gasteiger partial charge on any atom is 0.232 e. The second-order valence-electron chi connectivity index (χ2n) is 16.3. The number of anilines is 8. The summed E-state index contributed by atoms with van der Waals surface area (Å²) in [7, 11) is 0. The third-order valence-electron chi connectivity index (χ3n) is 11.8. The van der Waals surface area contributed by atoms with Gasteiger partial charge in [0.05, 0.1) is 0 Å². The summed E-state index contributed by atoms with van der Waals surface area (Å²) in [6.45, 7) is 5.60. The third kappa shape index (κ3) is 11.0. The normalized spacial score (nSPS) is 14.3. The van der Waals surface area contributed by atoms with Crippen LogP contribution in [0.4, 0.5) is 68.5 Å². The molecule has 16 nitrogen and oxygen atoms in total. The molecule has 21 heteroatoms. The van der Waals surface area contributed by atoms with E-state index in [1.54, 1.807) is 36.4 Å². The number of rotatable bonds is 14. The minimum Gasteiger partial charge on any atom is -0.487 e. The molecule has 350 valence electrons. The lowest BCUT2D eigenvalue weighted by molar-refractivity contribution is -0.121. The van der Waals surface area contributed by atoms with Crippen LogP contribution in [0.25, 0.3) is 0 Å². The first-order chi connectivity index (χ1) is 32.8. The van der Waals surface area contributed by atoms with Gasteiger partial charge in [0.15, 0.2) is 23.2 Å². The number of benzene rings is 4. The fourth-order valence-electron chi connectivity index (χ4n) is 8.00. The highest BCUT2D eigenvalue weighted by Gasteiger charge is 2.27. The van der Waals surface area contributed by atoms with Gasteiger partial charge in [0.1, 0.15) is 42.0 Å². The van der Waals surface area contributed by atoms with Gasteiger partial charge >= 0.3 is 0 Å². The van der Waals surface area contributed by atoms with Gasteiger partial charge in [-0.25, -0.2) is 41.9 Å². The van der Waals surface area contributed by atoms with Crippen molar-refractivity contribution in [2.24, 2.45) is 0 Å². The Bertz CT molecular complexity index is 2860. The van der Waals surface area contributed by atoms with E-state index in [1.165, 1.54) is 24.8 Å². The van der Waals surface area contributed by atoms with Crippen molar-refractivity contribution in [2.45, 2.75) is 64.4 Å². The lowest BCUT2D eigenvalue weighted by Crippen LogP contribution is -2.39. The number of amides is 2. The Kier molecular flexibility index (Phi) is 14.1. The van der Waals surface area contributed by atoms with Crippen LogP contribution in [0, 0.1) is 54.3 Å². The van der Waals surface area contributed by atoms with E-state index in [1.807, 2.05) is 29.7 Å². The number of carbonyl (C=O) groups excluding carboxylic acids is 2. The van der Waals surface area contributed by atoms with Crippen LogP contribution < -0.4 is 35.8 Å². The molecule has 0 unspecified atom stereocenters. The number of hydrogen-bond acceptors (Lipinski definition) is 14. The SMILES string of the molecule is Cc1c(NC(=O)CCC(=O)Nc2cccc(Nc3ncnc(N4CCC(c5cc(F)c(C#N)c(F)c5)CC4)n3)c2C)cccc1Nc1ncnc(N2CCC(Oc3cc(F)c(F)cc3F)CC2)n1. The van der Waals surface area contributed by atoms with Gasteiger partial charge in [0.2, 0.25) is 35.6 Å². The molecule has 4 heterocycles. The predicted molar refractivity (Wildman–Crippen MR) is 243 cm³/mol. The average Bonchev–Trinajstić information content (AvgIpc) is 3.33. The topological polar surface area (TPSA) is 199 Å². The summed E-state index contributed by atoms with van der Waals surface area (Å²) in [5.41, 5.74) is 3.62. The first-order valence-electron chi connectivity index (χ1n) is 21.7. The van der Waals surface area contributed by atoms with E-state index in [2.05, 4.69) is 51.2 Å². The second kappa shape index (κ2) is 20.7. The molecule has 2 fully saturated rings. The zero-order valence-electron chi connectivity index (χ0n) is 36.8. The molecule has 0 atom stereocenters. The first kappa shape index (κ1) is 46.5. The van der Waals surface area contributed by atoms with Gasteiger partial charge in [-0.3, -0.25) is 9.59 Å². The van der Waals surface area contributed by atoms with Crippen LogP contribution in [0.2, 0.25) is 0 Å². The minimum atomic E-state index is -1.29. The molecule has 2 aliphatic heterocycles. The fourth-order valence-corrected chi connectivity index (χ4v) is 8.00. The summed E-state index contributed by atoms with van der Waals surface area (Å²) in [5.74, 6) is -5.02. The molecule has 0 radical (unpaired) electrons. The molecular formula is C47H44F5N13O3. The number of nitriles is 1. The van der Waals surface area contributed by atoms with Crippen molar-refractivity contribution >= 4 is 58.4 Å². The van der Waals surface area contributed by atoms with Gasteiger partial charge < -0.3 is 35.8 Å². The van der Waals surface area contributed by atoms with Gasteiger partial charge in [-0.1, -0.05) is 12.1 Å². The maximum absolute atomic E-state index is 14.3. The monoisotopic (exact) mass is 933 g/mol. The molecule has 2 amide bonds. The van der Waals surface area contributed by atoms with Gasteiger partial charge in [0.25, 0.3) is 0 Å². The highest BCUT2D eigenvalue weighted by atomic mass is 19.2. The quantitative estimate of drug-likeness (QED) is 0.0599. The number of halogens is 5. The van der Waals surface area contributed by atoms with E-state index in [0.29, 0.717) is 115 Å². The van der Waals surface area contributed by atoms with Crippen LogP contribution in [-0.4, -0.2) is 74.0 Å². The van der Waals surface area contributed by atoms with Crippen LogP contribution >= 0.6 is 0 Å². The zero-order chi connectivity index (χ0) is 47.9. The largest absolute Gasteiger partial charge is 0.487 e. The van der Waals surface area contributed by atoms with Gasteiger partial charge in [-0.2, -0.15) is 15.2 Å². The van der Waals surface area contributed by atoms with Gasteiger partial charge in [-0.15, -0.1) is 0 Å². The van der Waals surface area contributed by atoms with Crippen LogP contribution in [-0.2, 0) is 9.59 Å². The lowest BCUT2D eigenvalue weighted by Gasteiger charge is -2.32. The number of aromatic nitrogens is 6. The molecule has 0 saturated carbocycles. The highest BCUT2D eigenvalue weighted by Crippen LogP contribution is 2.33. The predicted octanol–water partition coefficient (Wildman–Crippen LogP) is 8.52. The number of carbonyl (C=O) groups is 2. The van der Waals surface area contributed by atoms with Crippen molar-refractivity contribution < 1.29 is 36.3 Å². The van der Waals surface area contributed by atoms with Crippen LogP contribution in [0.3, 0.4) is 0 Å². The summed E-state index contributed by atoms with van der Waals surface area (Å²) >= 11 is 0. The molecule has 68 heavy (non-hydrogen) atoms. The highest BCUT2D eigenvalue weighted by molar-refractivity contribution is 5.98. The van der Waals surface area contributed by atoms with E-state index < -0.39 is 40.8 Å². The Hall–Kier alpha value is -8.02. The molecule has 0 bridgehead atoms. The Balaban J connectivity index is 0.803. The third-order valence-corrected chi connectivity index (χ3v) is 11.8. The van der Waals surface area contributed by atoms with Gasteiger partial charge in [-0.05, 0) is 85.7 Å². The second-order valence-corrected chi connectivity index (χ2v) is 16.3. The smallest absolute Gasteiger partial charge is 0.232 e. The minimum absolute atomic E-state index is 0.0940. The number of nitrogens with zero attached hydrogens (tertiary/aromatic N) is 9. The molecule has 8 rings (SSSR count). The van der Waals surface area contributed by atoms with Gasteiger partial charge in [0, 0.05) is 86.7 Å². The first-order valence-corrected chi connectivity index (χ1v) is 21.7. The van der Waals surface area contributed by atoms with Crippen LogP contribution in [0.5, 0.6) is 5.75 Å². The van der Waals surface area contributed by atoms with Crippen molar-refractivity contribution in [3.63, 3.8) is 0 Å². The van der Waals surface area contributed by atoms with E-state index in [-0.39, 0.29) is 48.2 Å². The molecule has 0 aliphatic carbocycles. The number of nitrogens with one attached hydrogen (secondary N) is 4. The Morgan fingerprint density at radius 1 is 0.647 bits per heavy atom. The maximum atomic E-state index is 14.3. The fraction of sp³-hybridized carbons (Fsp3) is 0.298. The lowest BCUT2D eigenvalue weighted by atomic mass is 9.89. The Labute approximate surface area is 387 Å². The molecule has 4 aromatic carbocycles. The summed E-state index contributed by atoms with van der Waals surface area (Å²) in [5, 5.41) is 21.1. The number of hydrogen-bond donors (Lipinski definition) is 4. The summed E-state index contributed by atoms with van der Waals surface area (Å²) in [6, 6.07) is 15.8. The van der Waals surface area contributed by atoms with E-state index in [9.17, 15) is 31.5 Å². The number of piperidine rings is 2. The Morgan fingerprint density at radius 3 is 1.62 bits per heavy atom. The summed E-state index contributed by atoms with van der Waals surface area (Å²) < 4.78 is 75.3. The van der Waals surface area contributed by atoms with Crippen molar-refractivity contribution in [2.75, 3.05) is 57.2 Å². The standard InChI is InChI=1S/C47H44F5N13O3/c1-26-37(5-3-7-39(26)60-44-54-24-56-46(62-44)64-15-11-28(12-16-64)29-19-32(48)31(23-53)33(49)20-29)58-42(66)9-10-43(67)59-38-6-4-8-40(27(38)2)61-45-55-25-57-47(63-45)65-17-13-30(14-18-65)68-41-22-35(51)34(50)21-36(41)52/h3-8,19-22,24-25,28,30H,9-18H2,1-2H3,(H,58,66)(H,59,67)(H,54,56,60,62)(H,55,57,61,63). The molecule has 2 aliphatic rings. The molecule has 6 aromatic rings. The van der Waals surface area contributed by atoms with Crippen molar-refractivity contribution in [3.05, 3.63) is 125 Å². The van der Waals surface area contributed by atoms with Crippen LogP contribution in [0.15, 0.2) is 73.3 Å². The molecular weight excluding hydrogens is 890 g/mol. The zero-order valence-corrected chi connectivity index (χ0v) is 36.8. The Morgan fingerprint density at radius 2 is 1.12 bits per heavy atom.